The number of nitrogens with one attached hydrogen (secondary N) is 12. The first kappa shape index (κ1) is 92.2. The van der Waals surface area contributed by atoms with E-state index in [0.29, 0.717) is 17.5 Å². The summed E-state index contributed by atoms with van der Waals surface area (Å²) in [5, 5.41) is 40.2. The molecular weight excluding hydrogens is 1390 g/mol. The van der Waals surface area contributed by atoms with Crippen molar-refractivity contribution in [2.24, 2.45) is 62.9 Å². The van der Waals surface area contributed by atoms with Crippen LogP contribution in [0.2, 0.25) is 0 Å². The number of aliphatic imine (C=N–C) groups is 1. The molecule has 0 radical (unpaired) electrons. The highest BCUT2D eigenvalue weighted by molar-refractivity contribution is 6.00. The first-order valence-corrected chi connectivity index (χ1v) is 35.6. The van der Waals surface area contributed by atoms with Crippen molar-refractivity contribution in [2.45, 2.75) is 218 Å². The number of rotatable bonds is 51. The van der Waals surface area contributed by atoms with E-state index in [1.165, 1.54) is 20.8 Å². The molecule has 2 aromatic rings. The van der Waals surface area contributed by atoms with Crippen LogP contribution in [0.3, 0.4) is 0 Å². The fourth-order valence-corrected chi connectivity index (χ4v) is 10.8. The van der Waals surface area contributed by atoms with Gasteiger partial charge in [0.05, 0.1) is 13.0 Å². The minimum Gasteiger partial charge on any atom is -0.481 e. The lowest BCUT2D eigenvalue weighted by atomic mass is 9.96. The van der Waals surface area contributed by atoms with Crippen molar-refractivity contribution in [2.75, 3.05) is 26.2 Å². The summed E-state index contributed by atoms with van der Waals surface area (Å²) in [6.45, 7) is 12.1. The molecule has 0 aliphatic carbocycles. The molecule has 15 amide bonds. The number of carbonyl (C=O) groups excluding carboxylic acids is 15. The third kappa shape index (κ3) is 35.7. The number of nitrogens with zero attached hydrogens (tertiary/aromatic N) is 1. The molecule has 0 spiro atoms. The number of unbranched alkanes of at least 4 members (excludes halogenated alkanes) is 1. The zero-order valence-electron chi connectivity index (χ0n) is 62.2. The van der Waals surface area contributed by atoms with Gasteiger partial charge < -0.3 is 109 Å². The van der Waals surface area contributed by atoms with Gasteiger partial charge in [0, 0.05) is 39.2 Å². The summed E-state index contributed by atoms with van der Waals surface area (Å²) in [5.41, 5.74) is 40.9. The number of benzene rings is 2. The lowest BCUT2D eigenvalue weighted by Gasteiger charge is -2.29. The third-order valence-electron chi connectivity index (χ3n) is 17.0. The van der Waals surface area contributed by atoms with E-state index in [9.17, 15) is 81.8 Å². The van der Waals surface area contributed by atoms with Crippen molar-refractivity contribution in [1.82, 2.24) is 63.8 Å². The van der Waals surface area contributed by atoms with Gasteiger partial charge in [-0.15, -0.1) is 0 Å². The van der Waals surface area contributed by atoms with Crippen molar-refractivity contribution in [1.29, 1.82) is 0 Å². The minimum absolute atomic E-state index is 0.0461. The molecule has 37 nitrogen and oxygen atoms in total. The second-order valence-electron chi connectivity index (χ2n) is 26.8. The molecule has 594 valence electrons. The molecule has 0 bridgehead atoms. The van der Waals surface area contributed by atoms with Crippen molar-refractivity contribution in [3.8, 4) is 0 Å². The van der Waals surface area contributed by atoms with Gasteiger partial charge in [-0.3, -0.25) is 81.7 Å². The van der Waals surface area contributed by atoms with E-state index in [0.717, 1.165) is 5.56 Å². The molecule has 0 aliphatic heterocycles. The highest BCUT2D eigenvalue weighted by Crippen LogP contribution is 2.16. The molecule has 0 heterocycles. The molecule has 27 N–H and O–H groups in total. The smallest absolute Gasteiger partial charge is 0.303 e. The Balaban J connectivity index is 2.39. The Kier molecular flexibility index (Phi) is 41.6. The molecule has 0 aliphatic rings. The summed E-state index contributed by atoms with van der Waals surface area (Å²) in [7, 11) is 0. The van der Waals surface area contributed by atoms with Gasteiger partial charge in [0.1, 0.15) is 66.5 Å². The standard InChI is InChI=1S/C70H112N20O17/c1-9-40(7)58(69(107)86-49(34-43-24-22-39(6)23-25-43)65(103)82-44(59(75)97)26-28-52(73)92)90-64(102)48(27-29-55(95)96)83-62(100)46(19-13-14-30-71)81-54(94)36-79-60(98)51(35-53(74)93)87-68(106)57(38(4)5)88-63(101)47(20-15-31-72)84-67(105)56(37(2)3)89-66(104)50(33-42-17-11-10-12-18-42)85-61(99)45(80-41(8)91)21-16-32-78-70(76)77/h10-12,17-18,22-25,37-38,40,44-51,56-58H,9,13-16,19-21,26-36,71-72H2,1-8H3,(H2,73,92)(H2,74,93)(H2,75,97)(H,79,98)(H,80,91)(H,81,94)(H,82,103)(H,83,100)(H,84,105)(H,85,99)(H,86,107)(H,87,106)(H,88,101)(H,89,104)(H,90,102)(H,95,96)(H4,76,77,78)/t40-,44-,45-,46-,47-,48-,49-,50-,51-,56-,57-,58-/m0/s1. The van der Waals surface area contributed by atoms with E-state index in [1.807, 2.05) is 6.92 Å². The molecule has 12 atom stereocenters. The van der Waals surface area contributed by atoms with E-state index in [-0.39, 0.29) is 96.2 Å². The summed E-state index contributed by atoms with van der Waals surface area (Å²) >= 11 is 0. The molecular formula is C70H112N20O17. The molecule has 2 aromatic carbocycles. The van der Waals surface area contributed by atoms with E-state index in [4.69, 9.17) is 40.1 Å². The van der Waals surface area contributed by atoms with E-state index in [1.54, 1.807) is 82.3 Å². The second kappa shape index (κ2) is 48.3. The van der Waals surface area contributed by atoms with Gasteiger partial charge in [0.15, 0.2) is 5.96 Å². The number of guanidine groups is 1. The lowest BCUT2D eigenvalue weighted by Crippen LogP contribution is -2.61. The van der Waals surface area contributed by atoms with Gasteiger partial charge in [-0.05, 0) is 107 Å². The Hall–Kier alpha value is -10.9. The second-order valence-corrected chi connectivity index (χ2v) is 26.8. The first-order chi connectivity index (χ1) is 50.4. The molecule has 0 unspecified atom stereocenters. The van der Waals surface area contributed by atoms with Crippen LogP contribution in [0.1, 0.15) is 149 Å². The van der Waals surface area contributed by atoms with Crippen LogP contribution < -0.4 is 104 Å². The highest BCUT2D eigenvalue weighted by Gasteiger charge is 2.38. The fraction of sp³-hybridized carbons (Fsp3) is 0.586. The minimum atomic E-state index is -1.79. The summed E-state index contributed by atoms with van der Waals surface area (Å²) in [5.74, 6) is -17.3. The zero-order chi connectivity index (χ0) is 80.6. The summed E-state index contributed by atoms with van der Waals surface area (Å²) in [6, 6.07) is -0.298. The average molecular weight is 1510 g/mol. The lowest BCUT2D eigenvalue weighted by molar-refractivity contribution is -0.139. The van der Waals surface area contributed by atoms with E-state index in [2.05, 4.69) is 68.8 Å². The molecule has 0 saturated carbocycles. The van der Waals surface area contributed by atoms with Gasteiger partial charge in [0.25, 0.3) is 0 Å². The average Bonchev–Trinajstić information content (AvgIpc) is 0.852. The van der Waals surface area contributed by atoms with Crippen molar-refractivity contribution >= 4 is 101 Å². The Bertz CT molecular complexity index is 3370. The van der Waals surface area contributed by atoms with Gasteiger partial charge in [-0.25, -0.2) is 0 Å². The Morgan fingerprint density at radius 2 is 0.850 bits per heavy atom. The van der Waals surface area contributed by atoms with Crippen LogP contribution >= 0.6 is 0 Å². The van der Waals surface area contributed by atoms with E-state index < -0.39 is 205 Å². The van der Waals surface area contributed by atoms with Crippen LogP contribution in [-0.2, 0) is 89.6 Å². The van der Waals surface area contributed by atoms with Crippen LogP contribution in [0, 0.1) is 24.7 Å². The maximum absolute atomic E-state index is 14.3. The molecule has 2 rings (SSSR count). The van der Waals surface area contributed by atoms with Crippen LogP contribution in [-0.4, -0.2) is 198 Å². The molecule has 0 aromatic heterocycles. The summed E-state index contributed by atoms with van der Waals surface area (Å²) in [4.78, 5) is 220. The van der Waals surface area contributed by atoms with Gasteiger partial charge in [-0.1, -0.05) is 108 Å². The summed E-state index contributed by atoms with van der Waals surface area (Å²) in [6.07, 6.45) is -1.73. The molecule has 0 fully saturated rings. The number of amides is 15. The predicted molar refractivity (Wildman–Crippen MR) is 393 cm³/mol. The van der Waals surface area contributed by atoms with E-state index >= 15 is 0 Å². The maximum atomic E-state index is 14.3. The van der Waals surface area contributed by atoms with Crippen LogP contribution in [0.5, 0.6) is 0 Å². The normalized spacial score (nSPS) is 14.4. The number of primary amides is 3. The van der Waals surface area contributed by atoms with Gasteiger partial charge in [-0.2, -0.15) is 0 Å². The number of carboxylic acids is 1. The van der Waals surface area contributed by atoms with Gasteiger partial charge >= 0.3 is 5.97 Å². The summed E-state index contributed by atoms with van der Waals surface area (Å²) < 4.78 is 0. The number of carboxylic acid groups (broad SMARTS) is 1. The maximum Gasteiger partial charge on any atom is 0.303 e. The first-order valence-electron chi connectivity index (χ1n) is 35.6. The Labute approximate surface area is 622 Å². The molecule has 107 heavy (non-hydrogen) atoms. The Morgan fingerprint density at radius 3 is 1.35 bits per heavy atom. The number of carbonyl (C=O) groups is 16. The predicted octanol–water partition coefficient (Wildman–Crippen LogP) is -4.98. The largest absolute Gasteiger partial charge is 0.481 e. The SMILES string of the molecule is CC[C@H](C)[C@H](NC(=O)[C@H](CCC(=O)O)NC(=O)[C@H](CCCCN)NC(=O)CNC(=O)[C@H](CC(N)=O)NC(=O)[C@@H](NC(=O)[C@H](CCCN)NC(=O)[C@@H](NC(=O)[C@H](Cc1ccccc1)NC(=O)[C@H](CCCN=C(N)N)NC(C)=O)C(C)C)C(C)C)C(=O)N[C@@H](Cc1ccc(C)cc1)C(=O)N[C@@H](CCC(N)=O)C(N)=O. The van der Waals surface area contributed by atoms with Crippen LogP contribution in [0.25, 0.3) is 0 Å². The molecule has 0 saturated heterocycles. The monoisotopic (exact) mass is 1500 g/mol. The van der Waals surface area contributed by atoms with Gasteiger partial charge in [0.2, 0.25) is 88.6 Å². The number of aryl methyl sites for hydroxylation is 1. The number of nitrogens with two attached hydrogens (primary N) is 7. The fourth-order valence-electron chi connectivity index (χ4n) is 10.8. The van der Waals surface area contributed by atoms with Crippen molar-refractivity contribution in [3.05, 3.63) is 71.3 Å². The van der Waals surface area contributed by atoms with Crippen LogP contribution in [0.4, 0.5) is 0 Å². The van der Waals surface area contributed by atoms with Crippen molar-refractivity contribution in [3.63, 3.8) is 0 Å². The number of hydrogen-bond donors (Lipinski definition) is 20. The zero-order valence-corrected chi connectivity index (χ0v) is 62.2. The number of aliphatic carboxylic acids is 1. The number of hydrogen-bond acceptors (Lipinski definition) is 19. The Morgan fingerprint density at radius 1 is 0.430 bits per heavy atom. The highest BCUT2D eigenvalue weighted by atomic mass is 16.4. The van der Waals surface area contributed by atoms with Crippen LogP contribution in [0.15, 0.2) is 59.6 Å². The third-order valence-corrected chi connectivity index (χ3v) is 17.0. The van der Waals surface area contributed by atoms with Crippen molar-refractivity contribution < 1.29 is 81.8 Å². The molecule has 37 heteroatoms. The quantitative estimate of drug-likeness (QED) is 0.0168. The topological polar surface area (TPSA) is 632 Å².